The lowest BCUT2D eigenvalue weighted by Gasteiger charge is -2.19. The molecule has 1 aromatic rings. The lowest BCUT2D eigenvalue weighted by atomic mass is 10.1. The van der Waals surface area contributed by atoms with Gasteiger partial charge in [-0.2, -0.15) is 5.10 Å². The summed E-state index contributed by atoms with van der Waals surface area (Å²) in [7, 11) is 2.20. The molecule has 19 heavy (non-hydrogen) atoms. The van der Waals surface area contributed by atoms with Crippen molar-refractivity contribution >= 4 is 0 Å². The number of H-pyrrole nitrogens is 1. The van der Waals surface area contributed by atoms with Gasteiger partial charge in [-0.25, -0.2) is 0 Å². The van der Waals surface area contributed by atoms with Crippen molar-refractivity contribution in [2.45, 2.75) is 45.1 Å². The van der Waals surface area contributed by atoms with Gasteiger partial charge < -0.3 is 9.64 Å². The Morgan fingerprint density at radius 1 is 1.32 bits per heavy atom. The van der Waals surface area contributed by atoms with Crippen molar-refractivity contribution in [3.8, 4) is 0 Å². The summed E-state index contributed by atoms with van der Waals surface area (Å²) in [4.78, 5) is 2.40. The molecule has 106 valence electrons. The van der Waals surface area contributed by atoms with Gasteiger partial charge in [0, 0.05) is 25.4 Å². The summed E-state index contributed by atoms with van der Waals surface area (Å²) < 4.78 is 5.45. The van der Waals surface area contributed by atoms with Crippen LogP contribution in [0.15, 0.2) is 0 Å². The molecule has 4 nitrogen and oxygen atoms in total. The van der Waals surface area contributed by atoms with E-state index in [-0.39, 0.29) is 0 Å². The number of aryl methyl sites for hydroxylation is 1. The fourth-order valence-electron chi connectivity index (χ4n) is 3.35. The molecule has 0 amide bonds. The fraction of sp³-hybridized carbons (Fsp3) is 0.800. The van der Waals surface area contributed by atoms with Crippen LogP contribution in [0.5, 0.6) is 0 Å². The van der Waals surface area contributed by atoms with Crippen LogP contribution in [0.3, 0.4) is 0 Å². The largest absolute Gasteiger partial charge is 0.381 e. The minimum absolute atomic E-state index is 0.711. The molecule has 0 radical (unpaired) electrons. The number of aromatic nitrogens is 2. The van der Waals surface area contributed by atoms with E-state index >= 15 is 0 Å². The second-order valence-corrected chi connectivity index (χ2v) is 6.11. The van der Waals surface area contributed by atoms with E-state index in [1.165, 1.54) is 55.5 Å². The molecule has 1 aliphatic carbocycles. The van der Waals surface area contributed by atoms with Crippen molar-refractivity contribution in [1.29, 1.82) is 0 Å². The Bertz CT molecular complexity index is 410. The molecule has 2 aliphatic rings. The molecule has 4 heteroatoms. The van der Waals surface area contributed by atoms with Crippen LogP contribution in [0.25, 0.3) is 0 Å². The summed E-state index contributed by atoms with van der Waals surface area (Å²) in [5.74, 6) is 0.711. The number of hydrogen-bond donors (Lipinski definition) is 1. The van der Waals surface area contributed by atoms with E-state index in [9.17, 15) is 0 Å². The van der Waals surface area contributed by atoms with Gasteiger partial charge in [0.1, 0.15) is 0 Å². The molecule has 2 heterocycles. The molecule has 0 saturated carbocycles. The molecule has 0 aromatic carbocycles. The molecule has 3 rings (SSSR count). The molecular weight excluding hydrogens is 238 g/mol. The zero-order valence-electron chi connectivity index (χ0n) is 12.0. The number of nitrogens with one attached hydrogen (secondary N) is 1. The molecule has 1 N–H and O–H groups in total. The predicted octanol–water partition coefficient (Wildman–Crippen LogP) is 2.15. The molecule has 1 fully saturated rings. The smallest absolute Gasteiger partial charge is 0.0796 e. The third kappa shape index (κ3) is 3.18. The topological polar surface area (TPSA) is 41.2 Å². The molecule has 1 saturated heterocycles. The highest BCUT2D eigenvalue weighted by atomic mass is 16.5. The molecule has 1 aromatic heterocycles. The van der Waals surface area contributed by atoms with Crippen molar-refractivity contribution in [3.63, 3.8) is 0 Å². The van der Waals surface area contributed by atoms with E-state index in [1.807, 2.05) is 0 Å². The molecule has 0 spiro atoms. The molecule has 1 aliphatic heterocycles. The van der Waals surface area contributed by atoms with Crippen molar-refractivity contribution in [1.82, 2.24) is 15.1 Å². The minimum atomic E-state index is 0.711. The first kappa shape index (κ1) is 13.1. The summed E-state index contributed by atoms with van der Waals surface area (Å²) in [5.41, 5.74) is 4.18. The Morgan fingerprint density at radius 3 is 3.05 bits per heavy atom. The van der Waals surface area contributed by atoms with Crippen LogP contribution < -0.4 is 0 Å². The molecule has 0 unspecified atom stereocenters. The van der Waals surface area contributed by atoms with E-state index in [1.54, 1.807) is 0 Å². The van der Waals surface area contributed by atoms with Gasteiger partial charge in [0.25, 0.3) is 0 Å². The highest BCUT2D eigenvalue weighted by Gasteiger charge is 2.20. The van der Waals surface area contributed by atoms with Crippen LogP contribution >= 0.6 is 0 Å². The van der Waals surface area contributed by atoms with Gasteiger partial charge in [-0.3, -0.25) is 5.10 Å². The van der Waals surface area contributed by atoms with Crippen molar-refractivity contribution in [2.75, 3.05) is 26.8 Å². The summed E-state index contributed by atoms with van der Waals surface area (Å²) in [6, 6.07) is 0. The standard InChI is InChI=1S/C15H25N3O/c1-18(9-12-7-8-19-11-12)10-15-13-5-3-2-4-6-14(13)16-17-15/h12H,2-11H2,1H3,(H,16,17)/t12-/m1/s1. The van der Waals surface area contributed by atoms with Crippen molar-refractivity contribution in [3.05, 3.63) is 17.0 Å². The monoisotopic (exact) mass is 263 g/mol. The summed E-state index contributed by atoms with van der Waals surface area (Å²) >= 11 is 0. The van der Waals surface area contributed by atoms with Crippen molar-refractivity contribution < 1.29 is 4.74 Å². The first-order valence-electron chi connectivity index (χ1n) is 7.64. The quantitative estimate of drug-likeness (QED) is 0.846. The number of ether oxygens (including phenoxy) is 1. The Hall–Kier alpha value is -0.870. The number of aromatic amines is 1. The van der Waals surface area contributed by atoms with E-state index in [0.717, 1.165) is 26.3 Å². The van der Waals surface area contributed by atoms with Crippen molar-refractivity contribution in [2.24, 2.45) is 5.92 Å². The Kier molecular flexibility index (Phi) is 4.18. The Morgan fingerprint density at radius 2 is 2.21 bits per heavy atom. The molecule has 1 atom stereocenters. The predicted molar refractivity (Wildman–Crippen MR) is 75.1 cm³/mol. The molecular formula is C15H25N3O. The normalized spacial score (nSPS) is 23.6. The number of nitrogens with zero attached hydrogens (tertiary/aromatic N) is 2. The number of rotatable bonds is 4. The molecule has 0 bridgehead atoms. The average molecular weight is 263 g/mol. The Labute approximate surface area is 115 Å². The van der Waals surface area contributed by atoms with Gasteiger partial charge in [0.05, 0.1) is 12.3 Å². The first-order chi connectivity index (χ1) is 9.33. The maximum Gasteiger partial charge on any atom is 0.0796 e. The van der Waals surface area contributed by atoms with Gasteiger partial charge in [-0.1, -0.05) is 6.42 Å². The first-order valence-corrected chi connectivity index (χ1v) is 7.64. The van der Waals surface area contributed by atoms with E-state index < -0.39 is 0 Å². The number of fused-ring (bicyclic) bond motifs is 1. The zero-order chi connectivity index (χ0) is 13.1. The van der Waals surface area contributed by atoms with Crippen LogP contribution in [0.4, 0.5) is 0 Å². The average Bonchev–Trinajstić information content (AvgIpc) is 2.95. The third-order valence-corrected chi connectivity index (χ3v) is 4.41. The lowest BCUT2D eigenvalue weighted by molar-refractivity contribution is 0.172. The third-order valence-electron chi connectivity index (χ3n) is 4.41. The van der Waals surface area contributed by atoms with Crippen LogP contribution in [-0.2, 0) is 24.1 Å². The van der Waals surface area contributed by atoms with Crippen LogP contribution in [0.1, 0.15) is 42.6 Å². The van der Waals surface area contributed by atoms with Crippen LogP contribution in [0.2, 0.25) is 0 Å². The summed E-state index contributed by atoms with van der Waals surface area (Å²) in [6.07, 6.45) is 7.59. The highest BCUT2D eigenvalue weighted by molar-refractivity contribution is 5.26. The lowest BCUT2D eigenvalue weighted by Crippen LogP contribution is -2.26. The second kappa shape index (κ2) is 6.06. The van der Waals surface area contributed by atoms with Gasteiger partial charge in [-0.15, -0.1) is 0 Å². The van der Waals surface area contributed by atoms with E-state index in [0.29, 0.717) is 5.92 Å². The maximum atomic E-state index is 5.45. The Balaban J connectivity index is 1.61. The second-order valence-electron chi connectivity index (χ2n) is 6.11. The maximum absolute atomic E-state index is 5.45. The highest BCUT2D eigenvalue weighted by Crippen LogP contribution is 2.23. The fourth-order valence-corrected chi connectivity index (χ4v) is 3.35. The summed E-state index contributed by atoms with van der Waals surface area (Å²) in [5, 5.41) is 7.82. The van der Waals surface area contributed by atoms with E-state index in [4.69, 9.17) is 4.74 Å². The SMILES string of the molecule is CN(Cc1n[nH]c2c1CCCCC2)C[C@H]1CCOC1. The number of hydrogen-bond acceptors (Lipinski definition) is 3. The zero-order valence-corrected chi connectivity index (χ0v) is 12.0. The van der Waals surface area contributed by atoms with Gasteiger partial charge in [0.2, 0.25) is 0 Å². The van der Waals surface area contributed by atoms with E-state index in [2.05, 4.69) is 22.1 Å². The minimum Gasteiger partial charge on any atom is -0.381 e. The van der Waals surface area contributed by atoms with Crippen LogP contribution in [-0.4, -0.2) is 41.9 Å². The summed E-state index contributed by atoms with van der Waals surface area (Å²) in [6.45, 7) is 3.98. The van der Waals surface area contributed by atoms with Gasteiger partial charge >= 0.3 is 0 Å². The van der Waals surface area contributed by atoms with Crippen LogP contribution in [0, 0.1) is 5.92 Å². The van der Waals surface area contributed by atoms with Gasteiger partial charge in [0.15, 0.2) is 0 Å². The van der Waals surface area contributed by atoms with Gasteiger partial charge in [-0.05, 0) is 50.6 Å².